The lowest BCUT2D eigenvalue weighted by molar-refractivity contribution is -0.0890. The highest BCUT2D eigenvalue weighted by Crippen LogP contribution is 2.48. The molecule has 0 radical (unpaired) electrons. The van der Waals surface area contributed by atoms with Gasteiger partial charge in [-0.2, -0.15) is 0 Å². The van der Waals surface area contributed by atoms with Crippen molar-refractivity contribution in [2.45, 2.75) is 61.7 Å². The highest BCUT2D eigenvalue weighted by atomic mass is 79.9. The fourth-order valence-electron chi connectivity index (χ4n) is 5.08. The third-order valence-electron chi connectivity index (χ3n) is 6.34. The van der Waals surface area contributed by atoms with Gasteiger partial charge in [0.25, 0.3) is 0 Å². The highest BCUT2D eigenvalue weighted by molar-refractivity contribution is 9.09. The Kier molecular flexibility index (Phi) is 5.04. The first-order valence-electron chi connectivity index (χ1n) is 9.84. The molecule has 1 amide bonds. The zero-order valence-electron chi connectivity index (χ0n) is 16.2. The number of hydrogen-bond donors (Lipinski definition) is 2. The molecular formula is C22H27BrN2O3. The molecule has 5 nitrogen and oxygen atoms in total. The van der Waals surface area contributed by atoms with Gasteiger partial charge in [0.2, 0.25) is 0 Å². The molecule has 1 aromatic rings. The number of aliphatic hydroxyl groups is 1. The Morgan fingerprint density at radius 1 is 1.25 bits per heavy atom. The summed E-state index contributed by atoms with van der Waals surface area (Å²) in [5.41, 5.74) is 8.30. The summed E-state index contributed by atoms with van der Waals surface area (Å²) in [6.45, 7) is 3.97. The lowest BCUT2D eigenvalue weighted by atomic mass is 9.74. The molecule has 6 heteroatoms. The van der Waals surface area contributed by atoms with Gasteiger partial charge >= 0.3 is 6.09 Å². The van der Waals surface area contributed by atoms with Gasteiger partial charge in [-0.3, -0.25) is 4.90 Å². The van der Waals surface area contributed by atoms with E-state index in [1.165, 1.54) is 5.57 Å². The maximum Gasteiger partial charge on any atom is 0.410 e. The van der Waals surface area contributed by atoms with Crippen molar-refractivity contribution in [1.82, 2.24) is 4.90 Å². The number of hydrogen-bond acceptors (Lipinski definition) is 4. The second-order valence-corrected chi connectivity index (χ2v) is 9.61. The molecule has 2 aliphatic heterocycles. The van der Waals surface area contributed by atoms with Crippen molar-refractivity contribution >= 4 is 22.0 Å². The first-order valence-corrected chi connectivity index (χ1v) is 10.8. The Morgan fingerprint density at radius 3 is 2.64 bits per heavy atom. The summed E-state index contributed by atoms with van der Waals surface area (Å²) in [5, 5.41) is 11.0. The van der Waals surface area contributed by atoms with Crippen LogP contribution in [0.15, 0.2) is 53.8 Å². The predicted octanol–water partition coefficient (Wildman–Crippen LogP) is 4.03. The second-order valence-electron chi connectivity index (χ2n) is 8.50. The predicted molar refractivity (Wildman–Crippen MR) is 112 cm³/mol. The Labute approximate surface area is 174 Å². The highest BCUT2D eigenvalue weighted by Gasteiger charge is 2.55. The molecule has 2 saturated heterocycles. The number of cyclic esters (lactones) is 1. The third kappa shape index (κ3) is 3.26. The van der Waals surface area contributed by atoms with Crippen LogP contribution in [0.4, 0.5) is 4.79 Å². The van der Waals surface area contributed by atoms with Gasteiger partial charge in [0.05, 0.1) is 17.0 Å². The maximum atomic E-state index is 12.9. The number of rotatable bonds is 3. The zero-order chi connectivity index (χ0) is 20.1. The Morgan fingerprint density at radius 2 is 1.96 bits per heavy atom. The molecule has 150 valence electrons. The normalized spacial score (nSPS) is 32.9. The number of aliphatic hydroxyl groups excluding tert-OH is 1. The smallest absolute Gasteiger partial charge is 0.410 e. The summed E-state index contributed by atoms with van der Waals surface area (Å²) < 4.78 is 5.90. The quantitative estimate of drug-likeness (QED) is 0.686. The van der Waals surface area contributed by atoms with E-state index in [1.54, 1.807) is 4.90 Å². The van der Waals surface area contributed by atoms with Crippen molar-refractivity contribution in [3.05, 3.63) is 59.3 Å². The van der Waals surface area contributed by atoms with Crippen LogP contribution < -0.4 is 5.73 Å². The van der Waals surface area contributed by atoms with Crippen molar-refractivity contribution in [3.8, 4) is 0 Å². The number of allylic oxidation sites excluding steroid dienone is 3. The van der Waals surface area contributed by atoms with Crippen LogP contribution in [-0.2, 0) is 4.74 Å². The number of nitrogens with two attached hydrogens (primary N) is 1. The summed E-state index contributed by atoms with van der Waals surface area (Å²) in [7, 11) is 0. The first-order chi connectivity index (χ1) is 13.3. The van der Waals surface area contributed by atoms with Crippen LogP contribution in [0.3, 0.4) is 0 Å². The van der Waals surface area contributed by atoms with Gasteiger partial charge in [-0.1, -0.05) is 57.9 Å². The minimum absolute atomic E-state index is 0.0123. The maximum absolute atomic E-state index is 12.9. The zero-order valence-corrected chi connectivity index (χ0v) is 17.8. The van der Waals surface area contributed by atoms with E-state index >= 15 is 0 Å². The van der Waals surface area contributed by atoms with E-state index in [4.69, 9.17) is 10.5 Å². The summed E-state index contributed by atoms with van der Waals surface area (Å²) in [6, 6.07) is 9.28. The second kappa shape index (κ2) is 7.23. The standard InChI is InChI=1S/C22H27BrN2O3/c1-22(2)19(14-8-9-16(24)15(23)12-14)17-10-11-18(25(17)21(27)28-22)20(26)13-6-4-3-5-7-13/h3-9,15,17-20,26H,10-12,24H2,1-2H3/t15?,17-,18-,19?,20-/m1/s1. The number of alkyl halides is 1. The Balaban J connectivity index is 1.66. The molecular weight excluding hydrogens is 420 g/mol. The number of carbonyl (C=O) groups excluding carboxylic acids is 1. The van der Waals surface area contributed by atoms with E-state index in [0.29, 0.717) is 0 Å². The van der Waals surface area contributed by atoms with Crippen LogP contribution in [0.1, 0.15) is 44.8 Å². The number of benzene rings is 1. The van der Waals surface area contributed by atoms with Crippen LogP contribution in [-0.4, -0.2) is 38.6 Å². The molecule has 0 saturated carbocycles. The average Bonchev–Trinajstić information content (AvgIpc) is 3.09. The lowest BCUT2D eigenvalue weighted by Crippen LogP contribution is -2.60. The van der Waals surface area contributed by atoms with Gasteiger partial charge in [0, 0.05) is 17.7 Å². The largest absolute Gasteiger partial charge is 0.443 e. The number of halogens is 1. The average molecular weight is 447 g/mol. The Hall–Kier alpha value is -1.79. The van der Waals surface area contributed by atoms with Crippen LogP contribution in [0.5, 0.6) is 0 Å². The van der Waals surface area contributed by atoms with Crippen LogP contribution in [0.25, 0.3) is 0 Å². The van der Waals surface area contributed by atoms with Gasteiger partial charge in [0.1, 0.15) is 5.60 Å². The van der Waals surface area contributed by atoms with E-state index in [9.17, 15) is 9.90 Å². The van der Waals surface area contributed by atoms with Crippen LogP contribution in [0, 0.1) is 5.92 Å². The number of fused-ring (bicyclic) bond motifs is 1. The molecule has 1 aliphatic carbocycles. The van der Waals surface area contributed by atoms with Crippen molar-refractivity contribution in [2.24, 2.45) is 11.7 Å². The number of nitrogens with zero attached hydrogens (tertiary/aromatic N) is 1. The number of amides is 1. The molecule has 2 heterocycles. The molecule has 2 fully saturated rings. The molecule has 0 aromatic heterocycles. The van der Waals surface area contributed by atoms with Gasteiger partial charge in [0.15, 0.2) is 0 Å². The monoisotopic (exact) mass is 446 g/mol. The molecule has 0 spiro atoms. The van der Waals surface area contributed by atoms with Crippen LogP contribution in [0.2, 0.25) is 0 Å². The van der Waals surface area contributed by atoms with Crippen molar-refractivity contribution in [2.75, 3.05) is 0 Å². The van der Waals surface area contributed by atoms with Crippen molar-refractivity contribution < 1.29 is 14.6 Å². The lowest BCUT2D eigenvalue weighted by Gasteiger charge is -2.49. The summed E-state index contributed by atoms with van der Waals surface area (Å²) >= 11 is 3.65. The fourth-order valence-corrected chi connectivity index (χ4v) is 5.60. The van der Waals surface area contributed by atoms with E-state index in [2.05, 4.69) is 22.0 Å². The summed E-state index contributed by atoms with van der Waals surface area (Å²) in [5.74, 6) is 0.0579. The first kappa shape index (κ1) is 19.5. The van der Waals surface area contributed by atoms with Gasteiger partial charge in [-0.25, -0.2) is 4.79 Å². The third-order valence-corrected chi connectivity index (χ3v) is 7.19. The minimum Gasteiger partial charge on any atom is -0.443 e. The topological polar surface area (TPSA) is 75.8 Å². The SMILES string of the molecule is CC1(C)OC(=O)N2[C@H](CC[C@@H]2[C@H](O)c2ccccc2)C1C1=CC=C(N)C(Br)C1. The van der Waals surface area contributed by atoms with E-state index in [-0.39, 0.29) is 28.9 Å². The van der Waals surface area contributed by atoms with Gasteiger partial charge < -0.3 is 15.6 Å². The fraction of sp³-hybridized carbons (Fsp3) is 0.500. The summed E-state index contributed by atoms with van der Waals surface area (Å²) in [6.07, 6.45) is 5.38. The minimum atomic E-state index is -0.722. The number of carbonyl (C=O) groups is 1. The van der Waals surface area contributed by atoms with Crippen LogP contribution >= 0.6 is 15.9 Å². The molecule has 1 aromatic carbocycles. The summed E-state index contributed by atoms with van der Waals surface area (Å²) in [4.78, 5) is 14.8. The van der Waals surface area contributed by atoms with Gasteiger partial charge in [-0.05, 0) is 44.7 Å². The molecule has 2 unspecified atom stereocenters. The van der Waals surface area contributed by atoms with E-state index < -0.39 is 11.7 Å². The van der Waals surface area contributed by atoms with Crippen molar-refractivity contribution in [1.29, 1.82) is 0 Å². The van der Waals surface area contributed by atoms with Gasteiger partial charge in [-0.15, -0.1) is 0 Å². The van der Waals surface area contributed by atoms with E-state index in [1.807, 2.05) is 50.3 Å². The molecule has 28 heavy (non-hydrogen) atoms. The molecule has 3 N–H and O–H groups in total. The molecule has 4 rings (SSSR count). The van der Waals surface area contributed by atoms with Crippen molar-refractivity contribution in [3.63, 3.8) is 0 Å². The van der Waals surface area contributed by atoms with E-state index in [0.717, 1.165) is 30.5 Å². The molecule has 5 atom stereocenters. The molecule has 3 aliphatic rings. The Bertz CT molecular complexity index is 820. The number of ether oxygens (including phenoxy) is 1. The molecule has 0 bridgehead atoms.